The third-order valence-corrected chi connectivity index (χ3v) is 4.09. The van der Waals surface area contributed by atoms with Crippen molar-refractivity contribution in [3.8, 4) is 0 Å². The number of ketones is 1. The fourth-order valence-electron chi connectivity index (χ4n) is 2.66. The van der Waals surface area contributed by atoms with Crippen LogP contribution in [0.5, 0.6) is 0 Å². The number of amides is 1. The maximum atomic E-state index is 12.1. The van der Waals surface area contributed by atoms with E-state index in [1.165, 1.54) is 6.92 Å². The topological polar surface area (TPSA) is 80.3 Å². The van der Waals surface area contributed by atoms with E-state index in [0.717, 1.165) is 30.8 Å². The molecule has 2 N–H and O–H groups in total. The van der Waals surface area contributed by atoms with Gasteiger partial charge in [-0.3, -0.25) is 9.59 Å². The smallest absolute Gasteiger partial charge is 0.269 e. The number of ether oxygens (including phenoxy) is 1. The van der Waals surface area contributed by atoms with E-state index in [0.29, 0.717) is 17.8 Å². The fraction of sp³-hybridized carbons (Fsp3) is 0.316. The molecular weight excluding hydrogens is 318 g/mol. The van der Waals surface area contributed by atoms with Crippen molar-refractivity contribution >= 4 is 23.1 Å². The van der Waals surface area contributed by atoms with Crippen LogP contribution in [0.1, 0.15) is 40.6 Å². The molecule has 130 valence electrons. The molecule has 0 saturated carbocycles. The van der Waals surface area contributed by atoms with Crippen LogP contribution in [0.4, 0.5) is 11.4 Å². The van der Waals surface area contributed by atoms with E-state index in [1.54, 1.807) is 30.5 Å². The molecule has 0 radical (unpaired) electrons. The number of nitrogens with one attached hydrogen (secondary N) is 2. The highest BCUT2D eigenvalue weighted by Crippen LogP contribution is 2.17. The van der Waals surface area contributed by atoms with Crippen LogP contribution in [0.15, 0.2) is 42.6 Å². The van der Waals surface area contributed by atoms with Crippen LogP contribution in [-0.4, -0.2) is 35.9 Å². The number of aromatic nitrogens is 1. The summed E-state index contributed by atoms with van der Waals surface area (Å²) in [4.78, 5) is 27.6. The fourth-order valence-corrected chi connectivity index (χ4v) is 2.66. The Morgan fingerprint density at radius 3 is 2.52 bits per heavy atom. The molecule has 1 aromatic carbocycles. The average molecular weight is 339 g/mol. The van der Waals surface area contributed by atoms with Crippen molar-refractivity contribution in [1.29, 1.82) is 0 Å². The SMILES string of the molecule is CC(=O)c1ccc(Nc2ccc(C(=O)NCC3CCCO3)nc2)cc1. The quantitative estimate of drug-likeness (QED) is 0.791. The second kappa shape index (κ2) is 7.90. The summed E-state index contributed by atoms with van der Waals surface area (Å²) in [5.41, 5.74) is 2.66. The van der Waals surface area contributed by atoms with Crippen molar-refractivity contribution in [3.05, 3.63) is 53.9 Å². The zero-order valence-electron chi connectivity index (χ0n) is 14.1. The summed E-state index contributed by atoms with van der Waals surface area (Å²) in [5.74, 6) is -0.167. The minimum Gasteiger partial charge on any atom is -0.376 e. The first-order valence-electron chi connectivity index (χ1n) is 8.36. The molecule has 0 spiro atoms. The van der Waals surface area contributed by atoms with E-state index in [9.17, 15) is 9.59 Å². The van der Waals surface area contributed by atoms with Gasteiger partial charge in [-0.25, -0.2) is 4.98 Å². The van der Waals surface area contributed by atoms with Crippen LogP contribution in [0.25, 0.3) is 0 Å². The van der Waals surface area contributed by atoms with Gasteiger partial charge in [0, 0.05) is 24.4 Å². The molecule has 1 unspecified atom stereocenters. The lowest BCUT2D eigenvalue weighted by Crippen LogP contribution is -2.32. The summed E-state index contributed by atoms with van der Waals surface area (Å²) in [6.45, 7) is 2.82. The van der Waals surface area contributed by atoms with Crippen molar-refractivity contribution in [3.63, 3.8) is 0 Å². The molecule has 1 fully saturated rings. The Bertz CT molecular complexity index is 736. The minimum atomic E-state index is -0.201. The Balaban J connectivity index is 1.55. The van der Waals surface area contributed by atoms with Crippen LogP contribution in [0.2, 0.25) is 0 Å². The molecule has 1 atom stereocenters. The van der Waals surface area contributed by atoms with Gasteiger partial charge in [0.1, 0.15) is 5.69 Å². The standard InChI is InChI=1S/C19H21N3O3/c1-13(23)14-4-6-15(7-5-14)22-16-8-9-18(20-11-16)19(24)21-12-17-3-2-10-25-17/h4-9,11,17,22H,2-3,10,12H2,1H3,(H,21,24). The molecule has 1 aromatic heterocycles. The highest BCUT2D eigenvalue weighted by molar-refractivity contribution is 5.94. The van der Waals surface area contributed by atoms with E-state index in [4.69, 9.17) is 4.74 Å². The Morgan fingerprint density at radius 1 is 1.16 bits per heavy atom. The molecule has 2 heterocycles. The predicted octanol–water partition coefficient (Wildman–Crippen LogP) is 2.94. The lowest BCUT2D eigenvalue weighted by molar-refractivity contribution is 0.0853. The Hall–Kier alpha value is -2.73. The molecule has 0 bridgehead atoms. The summed E-state index contributed by atoms with van der Waals surface area (Å²) in [6.07, 6.45) is 3.76. The molecule has 2 aromatic rings. The van der Waals surface area contributed by atoms with E-state index < -0.39 is 0 Å². The maximum Gasteiger partial charge on any atom is 0.269 e. The van der Waals surface area contributed by atoms with Gasteiger partial charge in [-0.1, -0.05) is 0 Å². The highest BCUT2D eigenvalue weighted by atomic mass is 16.5. The van der Waals surface area contributed by atoms with Gasteiger partial charge in [0.25, 0.3) is 5.91 Å². The third kappa shape index (κ3) is 4.64. The largest absolute Gasteiger partial charge is 0.376 e. The van der Waals surface area contributed by atoms with Crippen molar-refractivity contribution in [2.24, 2.45) is 0 Å². The number of carbonyl (C=O) groups is 2. The van der Waals surface area contributed by atoms with Gasteiger partial charge >= 0.3 is 0 Å². The van der Waals surface area contributed by atoms with Gasteiger partial charge < -0.3 is 15.4 Å². The summed E-state index contributed by atoms with van der Waals surface area (Å²) >= 11 is 0. The normalized spacial score (nSPS) is 16.4. The number of hydrogen-bond acceptors (Lipinski definition) is 5. The first-order valence-corrected chi connectivity index (χ1v) is 8.36. The van der Waals surface area contributed by atoms with Crippen LogP contribution in [0.3, 0.4) is 0 Å². The first-order chi connectivity index (χ1) is 12.1. The second-order valence-electron chi connectivity index (χ2n) is 6.04. The zero-order valence-corrected chi connectivity index (χ0v) is 14.1. The summed E-state index contributed by atoms with van der Waals surface area (Å²) < 4.78 is 5.48. The lowest BCUT2D eigenvalue weighted by Gasteiger charge is -2.11. The van der Waals surface area contributed by atoms with Crippen LogP contribution in [0, 0.1) is 0 Å². The number of Topliss-reactive ketones (excluding diaryl/α,β-unsaturated/α-hetero) is 1. The Kier molecular flexibility index (Phi) is 5.40. The van der Waals surface area contributed by atoms with Gasteiger partial charge in [-0.05, 0) is 56.2 Å². The lowest BCUT2D eigenvalue weighted by atomic mass is 10.1. The van der Waals surface area contributed by atoms with Gasteiger partial charge in [-0.2, -0.15) is 0 Å². The Morgan fingerprint density at radius 2 is 1.92 bits per heavy atom. The summed E-state index contributed by atoms with van der Waals surface area (Å²) in [5, 5.41) is 6.04. The van der Waals surface area contributed by atoms with Gasteiger partial charge in [-0.15, -0.1) is 0 Å². The molecule has 1 aliphatic rings. The van der Waals surface area contributed by atoms with E-state index in [2.05, 4.69) is 15.6 Å². The summed E-state index contributed by atoms with van der Waals surface area (Å²) in [7, 11) is 0. The van der Waals surface area contributed by atoms with Crippen LogP contribution >= 0.6 is 0 Å². The number of anilines is 2. The molecular formula is C19H21N3O3. The number of hydrogen-bond donors (Lipinski definition) is 2. The number of benzene rings is 1. The highest BCUT2D eigenvalue weighted by Gasteiger charge is 2.17. The van der Waals surface area contributed by atoms with E-state index >= 15 is 0 Å². The average Bonchev–Trinajstić information content (AvgIpc) is 3.14. The van der Waals surface area contributed by atoms with Crippen molar-refractivity contribution in [2.75, 3.05) is 18.5 Å². The van der Waals surface area contributed by atoms with Crippen molar-refractivity contribution in [2.45, 2.75) is 25.9 Å². The van der Waals surface area contributed by atoms with Crippen LogP contribution < -0.4 is 10.6 Å². The second-order valence-corrected chi connectivity index (χ2v) is 6.04. The molecule has 0 aliphatic carbocycles. The minimum absolute atomic E-state index is 0.0339. The number of nitrogens with zero attached hydrogens (tertiary/aromatic N) is 1. The molecule has 1 saturated heterocycles. The van der Waals surface area contributed by atoms with E-state index in [1.807, 2.05) is 12.1 Å². The molecule has 1 aliphatic heterocycles. The van der Waals surface area contributed by atoms with Gasteiger partial charge in [0.05, 0.1) is 18.0 Å². The monoisotopic (exact) mass is 339 g/mol. The van der Waals surface area contributed by atoms with E-state index in [-0.39, 0.29) is 17.8 Å². The third-order valence-electron chi connectivity index (χ3n) is 4.09. The zero-order chi connectivity index (χ0) is 17.6. The van der Waals surface area contributed by atoms with Crippen molar-refractivity contribution < 1.29 is 14.3 Å². The molecule has 3 rings (SSSR count). The summed E-state index contributed by atoms with van der Waals surface area (Å²) in [6, 6.07) is 10.7. The van der Waals surface area contributed by atoms with Crippen LogP contribution in [-0.2, 0) is 4.74 Å². The molecule has 1 amide bonds. The first kappa shape index (κ1) is 17.1. The molecule has 6 heteroatoms. The number of carbonyl (C=O) groups excluding carboxylic acids is 2. The van der Waals surface area contributed by atoms with Gasteiger partial charge in [0.2, 0.25) is 0 Å². The predicted molar refractivity (Wildman–Crippen MR) is 95.3 cm³/mol. The van der Waals surface area contributed by atoms with Crippen molar-refractivity contribution in [1.82, 2.24) is 10.3 Å². The van der Waals surface area contributed by atoms with Gasteiger partial charge in [0.15, 0.2) is 5.78 Å². The Labute approximate surface area is 146 Å². The number of pyridine rings is 1. The maximum absolute atomic E-state index is 12.1. The number of rotatable bonds is 6. The molecule has 6 nitrogen and oxygen atoms in total. The molecule has 25 heavy (non-hydrogen) atoms.